The van der Waals surface area contributed by atoms with Gasteiger partial charge in [-0.1, -0.05) is 18.2 Å². The van der Waals surface area contributed by atoms with Gasteiger partial charge in [0.2, 0.25) is 0 Å². The van der Waals surface area contributed by atoms with Crippen molar-refractivity contribution in [1.29, 1.82) is 0 Å². The minimum atomic E-state index is -5.02. The predicted molar refractivity (Wildman–Crippen MR) is 98.6 cm³/mol. The summed E-state index contributed by atoms with van der Waals surface area (Å²) in [6.07, 6.45) is -3.78. The Kier molecular flexibility index (Phi) is 5.26. The van der Waals surface area contributed by atoms with Gasteiger partial charge in [-0.25, -0.2) is 17.5 Å². The number of nitrogens with one attached hydrogen (secondary N) is 1. The molecule has 0 aliphatic rings. The second kappa shape index (κ2) is 7.36. The number of benzene rings is 2. The van der Waals surface area contributed by atoms with Gasteiger partial charge in [0.1, 0.15) is 5.82 Å². The molecule has 0 atom stereocenters. The van der Waals surface area contributed by atoms with Gasteiger partial charge in [-0.2, -0.15) is 13.2 Å². The van der Waals surface area contributed by atoms with Gasteiger partial charge in [0.15, 0.2) is 0 Å². The van der Waals surface area contributed by atoms with E-state index in [0.29, 0.717) is 23.1 Å². The number of amides is 1. The van der Waals surface area contributed by atoms with E-state index in [1.165, 1.54) is 17.4 Å². The van der Waals surface area contributed by atoms with Gasteiger partial charge in [-0.3, -0.25) is 4.79 Å². The number of hydrogen-bond donors (Lipinski definition) is 1. The molecule has 1 N–H and O–H groups in total. The minimum absolute atomic E-state index is 0.134. The Morgan fingerprint density at radius 1 is 1.11 bits per heavy atom. The van der Waals surface area contributed by atoms with Crippen LogP contribution < -0.4 is 4.72 Å². The molecule has 3 rings (SSSR count). The van der Waals surface area contributed by atoms with Crippen LogP contribution in [0.1, 0.15) is 21.5 Å². The fourth-order valence-electron chi connectivity index (χ4n) is 2.46. The highest BCUT2D eigenvalue weighted by atomic mass is 32.2. The molecule has 0 aliphatic heterocycles. The first-order valence-electron chi connectivity index (χ1n) is 7.65. The smallest absolute Gasteiger partial charge is 0.268 e. The van der Waals surface area contributed by atoms with Crippen molar-refractivity contribution in [2.24, 2.45) is 0 Å². The Hall–Kier alpha value is -2.72. The lowest BCUT2D eigenvalue weighted by atomic mass is 10.1. The SMILES string of the molecule is O=C(NS(=O)(=O)C=Cc1csc2ccccc12)c1ccc(F)cc1C(F)(F)F. The Balaban J connectivity index is 1.86. The summed E-state index contributed by atoms with van der Waals surface area (Å²) >= 11 is 1.39. The number of carbonyl (C=O) groups is 1. The van der Waals surface area contributed by atoms with Crippen LogP contribution in [0.25, 0.3) is 16.2 Å². The highest BCUT2D eigenvalue weighted by molar-refractivity contribution is 7.93. The van der Waals surface area contributed by atoms with E-state index in [4.69, 9.17) is 0 Å². The second-order valence-electron chi connectivity index (χ2n) is 5.65. The maximum Gasteiger partial charge on any atom is 0.417 e. The molecular formula is C18H11F4NO3S2. The molecule has 1 heterocycles. The van der Waals surface area contributed by atoms with Crippen LogP contribution in [-0.2, 0) is 16.2 Å². The number of alkyl halides is 3. The quantitative estimate of drug-likeness (QED) is 0.607. The molecule has 1 aromatic heterocycles. The zero-order valence-electron chi connectivity index (χ0n) is 13.8. The van der Waals surface area contributed by atoms with Crippen molar-refractivity contribution in [2.45, 2.75) is 6.18 Å². The van der Waals surface area contributed by atoms with E-state index in [9.17, 15) is 30.8 Å². The van der Waals surface area contributed by atoms with E-state index in [-0.39, 0.29) is 6.07 Å². The first-order valence-corrected chi connectivity index (χ1v) is 10.1. The summed E-state index contributed by atoms with van der Waals surface area (Å²) in [5.41, 5.74) is -1.98. The van der Waals surface area contributed by atoms with Gasteiger partial charge in [0.25, 0.3) is 15.9 Å². The van der Waals surface area contributed by atoms with E-state index in [1.807, 2.05) is 12.1 Å². The molecule has 1 amide bonds. The Labute approximate surface area is 161 Å². The fraction of sp³-hybridized carbons (Fsp3) is 0.0556. The molecule has 0 spiro atoms. The molecule has 0 fully saturated rings. The van der Waals surface area contributed by atoms with E-state index in [1.54, 1.807) is 22.2 Å². The molecule has 0 radical (unpaired) electrons. The maximum absolute atomic E-state index is 13.1. The largest absolute Gasteiger partial charge is 0.417 e. The average Bonchev–Trinajstić information content (AvgIpc) is 3.02. The molecule has 28 heavy (non-hydrogen) atoms. The van der Waals surface area contributed by atoms with Gasteiger partial charge in [-0.15, -0.1) is 11.3 Å². The van der Waals surface area contributed by atoms with E-state index >= 15 is 0 Å². The molecule has 0 saturated carbocycles. The molecule has 0 saturated heterocycles. The van der Waals surface area contributed by atoms with Crippen molar-refractivity contribution >= 4 is 43.4 Å². The lowest BCUT2D eigenvalue weighted by molar-refractivity contribution is -0.138. The van der Waals surface area contributed by atoms with Crippen molar-refractivity contribution in [3.63, 3.8) is 0 Å². The third kappa shape index (κ3) is 4.39. The van der Waals surface area contributed by atoms with Crippen molar-refractivity contribution in [1.82, 2.24) is 4.72 Å². The third-order valence-corrected chi connectivity index (χ3v) is 5.65. The predicted octanol–water partition coefficient (Wildman–Crippen LogP) is 4.79. The first kappa shape index (κ1) is 20.0. The topological polar surface area (TPSA) is 63.2 Å². The van der Waals surface area contributed by atoms with Crippen LogP contribution in [0.4, 0.5) is 17.6 Å². The van der Waals surface area contributed by atoms with Gasteiger partial charge in [0.05, 0.1) is 16.5 Å². The van der Waals surface area contributed by atoms with E-state index < -0.39 is 39.1 Å². The molecule has 4 nitrogen and oxygen atoms in total. The van der Waals surface area contributed by atoms with Gasteiger partial charge in [-0.05, 0) is 46.7 Å². The number of halogens is 4. The molecule has 10 heteroatoms. The molecule has 3 aromatic rings. The van der Waals surface area contributed by atoms with Crippen LogP contribution in [0.5, 0.6) is 0 Å². The number of carbonyl (C=O) groups excluding carboxylic acids is 1. The van der Waals surface area contributed by atoms with Crippen molar-refractivity contribution < 1.29 is 30.8 Å². The summed E-state index contributed by atoms with van der Waals surface area (Å²) in [5, 5.41) is 3.19. The van der Waals surface area contributed by atoms with Crippen LogP contribution >= 0.6 is 11.3 Å². The zero-order valence-corrected chi connectivity index (χ0v) is 15.5. The van der Waals surface area contributed by atoms with E-state index in [0.717, 1.165) is 10.1 Å². The van der Waals surface area contributed by atoms with Crippen LogP contribution in [0.2, 0.25) is 0 Å². The summed E-state index contributed by atoms with van der Waals surface area (Å²) in [4.78, 5) is 12.1. The summed E-state index contributed by atoms with van der Waals surface area (Å²) in [6.45, 7) is 0. The Bertz CT molecular complexity index is 1180. The molecule has 0 aliphatic carbocycles. The molecule has 2 aromatic carbocycles. The molecule has 0 bridgehead atoms. The summed E-state index contributed by atoms with van der Waals surface area (Å²) in [7, 11) is -4.38. The maximum atomic E-state index is 13.1. The molecule has 0 unspecified atom stereocenters. The summed E-state index contributed by atoms with van der Waals surface area (Å²) in [5.74, 6) is -2.71. The third-order valence-electron chi connectivity index (χ3n) is 3.70. The van der Waals surface area contributed by atoms with E-state index in [2.05, 4.69) is 0 Å². The number of hydrogen-bond acceptors (Lipinski definition) is 4. The summed E-state index contributed by atoms with van der Waals surface area (Å²) in [6, 6.07) is 8.59. The van der Waals surface area contributed by atoms with Crippen LogP contribution in [-0.4, -0.2) is 14.3 Å². The van der Waals surface area contributed by atoms with Crippen LogP contribution in [0.3, 0.4) is 0 Å². The number of rotatable bonds is 4. The van der Waals surface area contributed by atoms with Crippen molar-refractivity contribution in [3.8, 4) is 0 Å². The van der Waals surface area contributed by atoms with Gasteiger partial charge >= 0.3 is 6.18 Å². The second-order valence-corrected chi connectivity index (χ2v) is 8.13. The average molecular weight is 429 g/mol. The van der Waals surface area contributed by atoms with Gasteiger partial charge < -0.3 is 0 Å². The Morgan fingerprint density at radius 3 is 2.54 bits per heavy atom. The van der Waals surface area contributed by atoms with Gasteiger partial charge in [0, 0.05) is 4.70 Å². The Morgan fingerprint density at radius 2 is 1.82 bits per heavy atom. The van der Waals surface area contributed by atoms with Crippen LogP contribution in [0.15, 0.2) is 53.3 Å². The minimum Gasteiger partial charge on any atom is -0.268 e. The number of fused-ring (bicyclic) bond motifs is 1. The number of sulfonamides is 1. The first-order chi connectivity index (χ1) is 13.1. The van der Waals surface area contributed by atoms with Crippen molar-refractivity contribution in [3.05, 3.63) is 75.8 Å². The molecule has 146 valence electrons. The zero-order chi connectivity index (χ0) is 20.5. The standard InChI is InChI=1S/C18H11F4NO3S2/c19-12-5-6-14(15(9-12)18(20,21)22)17(24)23-28(25,26)8-7-11-10-27-16-4-2-1-3-13(11)16/h1-10H,(H,23,24). The van der Waals surface area contributed by atoms with Crippen LogP contribution in [0, 0.1) is 5.82 Å². The lowest BCUT2D eigenvalue weighted by Crippen LogP contribution is -2.30. The van der Waals surface area contributed by atoms with Crippen molar-refractivity contribution in [2.75, 3.05) is 0 Å². The highest BCUT2D eigenvalue weighted by Gasteiger charge is 2.36. The normalized spacial score (nSPS) is 12.6. The summed E-state index contributed by atoms with van der Waals surface area (Å²) < 4.78 is 78.8. The highest BCUT2D eigenvalue weighted by Crippen LogP contribution is 2.32. The molecular weight excluding hydrogens is 418 g/mol. The lowest BCUT2D eigenvalue weighted by Gasteiger charge is -2.12. The number of thiophene rings is 1. The monoisotopic (exact) mass is 429 g/mol. The fourth-order valence-corrected chi connectivity index (χ4v) is 4.15.